The van der Waals surface area contributed by atoms with E-state index in [9.17, 15) is 9.59 Å². The second-order valence-corrected chi connectivity index (χ2v) is 5.77. The van der Waals surface area contributed by atoms with Crippen molar-refractivity contribution in [2.45, 2.75) is 39.7 Å². The van der Waals surface area contributed by atoms with Crippen molar-refractivity contribution in [3.05, 3.63) is 65.0 Å². The Morgan fingerprint density at radius 3 is 2.52 bits per heavy atom. The van der Waals surface area contributed by atoms with Crippen molar-refractivity contribution in [1.29, 1.82) is 0 Å². The average molecular weight is 310 g/mol. The maximum absolute atomic E-state index is 12.2. The van der Waals surface area contributed by atoms with Crippen LogP contribution in [0.2, 0.25) is 0 Å². The van der Waals surface area contributed by atoms with Crippen molar-refractivity contribution < 1.29 is 9.59 Å². The quantitative estimate of drug-likeness (QED) is 0.830. The molecule has 0 fully saturated rings. The zero-order chi connectivity index (χ0) is 16.8. The van der Waals surface area contributed by atoms with Crippen LogP contribution in [0.5, 0.6) is 0 Å². The number of rotatable bonds is 6. The summed E-state index contributed by atoms with van der Waals surface area (Å²) in [6.45, 7) is 5.87. The first-order chi connectivity index (χ1) is 11.0. The standard InChI is InChI=1S/C19H22N2O2/c1-13-7-8-16(12-14(13)2)18(22)9-10-19(23)21-15(3)17-6-4-5-11-20-17/h4-8,11-12,15H,9-10H2,1-3H3,(H,21,23). The molecule has 1 aromatic carbocycles. The Morgan fingerprint density at radius 2 is 1.87 bits per heavy atom. The van der Waals surface area contributed by atoms with Gasteiger partial charge in [0.15, 0.2) is 5.78 Å². The van der Waals surface area contributed by atoms with E-state index in [-0.39, 0.29) is 30.6 Å². The summed E-state index contributed by atoms with van der Waals surface area (Å²) in [5, 5.41) is 2.87. The number of nitrogens with zero attached hydrogens (tertiary/aromatic N) is 1. The normalized spacial score (nSPS) is 11.8. The number of aromatic nitrogens is 1. The summed E-state index contributed by atoms with van der Waals surface area (Å²) in [6, 6.07) is 11.1. The highest BCUT2D eigenvalue weighted by molar-refractivity contribution is 5.98. The van der Waals surface area contributed by atoms with Crippen LogP contribution in [0.25, 0.3) is 0 Å². The van der Waals surface area contributed by atoms with Gasteiger partial charge in [0, 0.05) is 24.6 Å². The van der Waals surface area contributed by atoms with E-state index in [0.29, 0.717) is 5.56 Å². The van der Waals surface area contributed by atoms with Crippen LogP contribution in [0.1, 0.15) is 53.0 Å². The van der Waals surface area contributed by atoms with Gasteiger partial charge >= 0.3 is 0 Å². The molecule has 1 N–H and O–H groups in total. The highest BCUT2D eigenvalue weighted by Gasteiger charge is 2.13. The monoisotopic (exact) mass is 310 g/mol. The average Bonchev–Trinajstić information content (AvgIpc) is 2.56. The largest absolute Gasteiger partial charge is 0.348 e. The summed E-state index contributed by atoms with van der Waals surface area (Å²) in [6.07, 6.45) is 2.09. The van der Waals surface area contributed by atoms with Gasteiger partial charge in [0.2, 0.25) is 5.91 Å². The van der Waals surface area contributed by atoms with Crippen molar-refractivity contribution in [3.63, 3.8) is 0 Å². The Hall–Kier alpha value is -2.49. The van der Waals surface area contributed by atoms with Crippen LogP contribution in [-0.4, -0.2) is 16.7 Å². The molecule has 2 rings (SSSR count). The number of hydrogen-bond donors (Lipinski definition) is 1. The fourth-order valence-corrected chi connectivity index (χ4v) is 2.31. The number of amides is 1. The van der Waals surface area contributed by atoms with Crippen LogP contribution in [0.15, 0.2) is 42.6 Å². The molecule has 0 spiro atoms. The van der Waals surface area contributed by atoms with Crippen molar-refractivity contribution >= 4 is 11.7 Å². The summed E-state index contributed by atoms with van der Waals surface area (Å²) in [4.78, 5) is 28.4. The summed E-state index contributed by atoms with van der Waals surface area (Å²) in [7, 11) is 0. The zero-order valence-electron chi connectivity index (χ0n) is 13.8. The molecule has 1 atom stereocenters. The Morgan fingerprint density at radius 1 is 1.09 bits per heavy atom. The molecule has 2 aromatic rings. The van der Waals surface area contributed by atoms with Gasteiger partial charge in [-0.15, -0.1) is 0 Å². The summed E-state index contributed by atoms with van der Waals surface area (Å²) >= 11 is 0. The Balaban J connectivity index is 1.86. The molecule has 0 aliphatic heterocycles. The molecule has 0 saturated carbocycles. The van der Waals surface area contributed by atoms with E-state index in [4.69, 9.17) is 0 Å². The molecule has 1 unspecified atom stereocenters. The molecule has 1 amide bonds. The number of carbonyl (C=O) groups is 2. The number of Topliss-reactive ketones (excluding diaryl/α,β-unsaturated/α-hetero) is 1. The minimum absolute atomic E-state index is 0.00580. The van der Waals surface area contributed by atoms with E-state index in [0.717, 1.165) is 16.8 Å². The summed E-state index contributed by atoms with van der Waals surface area (Å²) < 4.78 is 0. The smallest absolute Gasteiger partial charge is 0.220 e. The van der Waals surface area contributed by atoms with Gasteiger partial charge in [-0.05, 0) is 50.1 Å². The van der Waals surface area contributed by atoms with Crippen molar-refractivity contribution in [1.82, 2.24) is 10.3 Å². The number of hydrogen-bond acceptors (Lipinski definition) is 3. The molecule has 0 radical (unpaired) electrons. The molecule has 1 aromatic heterocycles. The first kappa shape index (κ1) is 16.9. The van der Waals surface area contributed by atoms with Crippen molar-refractivity contribution in [2.24, 2.45) is 0 Å². The van der Waals surface area contributed by atoms with Crippen LogP contribution >= 0.6 is 0 Å². The summed E-state index contributed by atoms with van der Waals surface area (Å²) in [5.74, 6) is -0.144. The second-order valence-electron chi connectivity index (χ2n) is 5.77. The molecule has 0 aliphatic carbocycles. The first-order valence-electron chi connectivity index (χ1n) is 7.78. The minimum atomic E-state index is -0.166. The third kappa shape index (κ3) is 4.74. The van der Waals surface area contributed by atoms with Crippen LogP contribution < -0.4 is 5.32 Å². The molecule has 1 heterocycles. The lowest BCUT2D eigenvalue weighted by Crippen LogP contribution is -2.27. The predicted octanol–water partition coefficient (Wildman–Crippen LogP) is 3.54. The van der Waals surface area contributed by atoms with Gasteiger partial charge in [-0.2, -0.15) is 0 Å². The number of nitrogens with one attached hydrogen (secondary N) is 1. The van der Waals surface area contributed by atoms with Gasteiger partial charge in [-0.25, -0.2) is 0 Å². The van der Waals surface area contributed by atoms with E-state index in [1.807, 2.05) is 57.2 Å². The topological polar surface area (TPSA) is 59.1 Å². The third-order valence-corrected chi connectivity index (χ3v) is 3.92. The predicted molar refractivity (Wildman–Crippen MR) is 90.3 cm³/mol. The summed E-state index contributed by atoms with van der Waals surface area (Å²) in [5.41, 5.74) is 3.72. The number of carbonyl (C=O) groups excluding carboxylic acids is 2. The third-order valence-electron chi connectivity index (χ3n) is 3.92. The molecule has 0 aliphatic rings. The van der Waals surface area contributed by atoms with E-state index < -0.39 is 0 Å². The van der Waals surface area contributed by atoms with Gasteiger partial charge in [0.05, 0.1) is 11.7 Å². The molecular weight excluding hydrogens is 288 g/mol. The minimum Gasteiger partial charge on any atom is -0.348 e. The van der Waals surface area contributed by atoms with Gasteiger partial charge < -0.3 is 5.32 Å². The number of pyridine rings is 1. The molecular formula is C19H22N2O2. The molecule has 23 heavy (non-hydrogen) atoms. The molecule has 0 bridgehead atoms. The van der Waals surface area contributed by atoms with Crippen LogP contribution in [0.4, 0.5) is 0 Å². The van der Waals surface area contributed by atoms with Crippen LogP contribution in [0.3, 0.4) is 0 Å². The Bertz CT molecular complexity index is 696. The van der Waals surface area contributed by atoms with Crippen molar-refractivity contribution in [3.8, 4) is 0 Å². The van der Waals surface area contributed by atoms with E-state index in [1.54, 1.807) is 6.20 Å². The SMILES string of the molecule is Cc1ccc(C(=O)CCC(=O)NC(C)c2ccccn2)cc1C. The second kappa shape index (κ2) is 7.68. The lowest BCUT2D eigenvalue weighted by Gasteiger charge is -2.13. The fraction of sp³-hybridized carbons (Fsp3) is 0.316. The maximum Gasteiger partial charge on any atom is 0.220 e. The van der Waals surface area contributed by atoms with Crippen LogP contribution in [0, 0.1) is 13.8 Å². The number of benzene rings is 1. The first-order valence-corrected chi connectivity index (χ1v) is 7.78. The fourth-order valence-electron chi connectivity index (χ4n) is 2.31. The number of aryl methyl sites for hydroxylation is 2. The highest BCUT2D eigenvalue weighted by atomic mass is 16.2. The zero-order valence-corrected chi connectivity index (χ0v) is 13.8. The van der Waals surface area contributed by atoms with E-state index in [1.165, 1.54) is 0 Å². The Kier molecular flexibility index (Phi) is 5.63. The van der Waals surface area contributed by atoms with E-state index >= 15 is 0 Å². The number of ketones is 1. The van der Waals surface area contributed by atoms with Gasteiger partial charge in [-0.3, -0.25) is 14.6 Å². The molecule has 4 nitrogen and oxygen atoms in total. The van der Waals surface area contributed by atoms with Gasteiger partial charge in [0.25, 0.3) is 0 Å². The molecule has 0 saturated heterocycles. The van der Waals surface area contributed by atoms with Crippen molar-refractivity contribution in [2.75, 3.05) is 0 Å². The van der Waals surface area contributed by atoms with Gasteiger partial charge in [0.1, 0.15) is 0 Å². The molecule has 4 heteroatoms. The lowest BCUT2D eigenvalue weighted by molar-refractivity contribution is -0.121. The maximum atomic E-state index is 12.2. The highest BCUT2D eigenvalue weighted by Crippen LogP contribution is 2.13. The lowest BCUT2D eigenvalue weighted by atomic mass is 10.0. The van der Waals surface area contributed by atoms with Crippen LogP contribution in [-0.2, 0) is 4.79 Å². The molecule has 120 valence electrons. The van der Waals surface area contributed by atoms with E-state index in [2.05, 4.69) is 10.3 Å². The Labute approximate surface area is 137 Å². The van der Waals surface area contributed by atoms with Gasteiger partial charge in [-0.1, -0.05) is 18.2 Å².